The number of aromatic nitrogens is 1. The minimum Gasteiger partial charge on any atom is -0.336 e. The van der Waals surface area contributed by atoms with Crippen LogP contribution in [-0.4, -0.2) is 73.4 Å². The van der Waals surface area contributed by atoms with E-state index in [1.807, 2.05) is 24.8 Å². The van der Waals surface area contributed by atoms with Crippen LogP contribution in [0.25, 0.3) is 5.69 Å². The highest BCUT2D eigenvalue weighted by Crippen LogP contribution is 2.25. The van der Waals surface area contributed by atoms with E-state index in [9.17, 15) is 13.2 Å². The van der Waals surface area contributed by atoms with E-state index in [0.29, 0.717) is 38.6 Å². The predicted octanol–water partition coefficient (Wildman–Crippen LogP) is 3.02. The molecular formula is C23H33N3O3S. The molecule has 2 aromatic rings. The Morgan fingerprint density at radius 2 is 1.73 bits per heavy atom. The topological polar surface area (TPSA) is 62.6 Å². The normalized spacial score (nSPS) is 15.7. The molecule has 1 saturated heterocycles. The summed E-state index contributed by atoms with van der Waals surface area (Å²) in [5.74, 6) is 0.663. The van der Waals surface area contributed by atoms with Crippen LogP contribution in [0, 0.1) is 13.8 Å². The molecule has 1 fully saturated rings. The highest BCUT2D eigenvalue weighted by molar-refractivity contribution is 7.90. The summed E-state index contributed by atoms with van der Waals surface area (Å²) in [4.78, 5) is 17.2. The van der Waals surface area contributed by atoms with Gasteiger partial charge in [0.05, 0.1) is 11.3 Å². The Balaban J connectivity index is 1.74. The number of nitrogens with zero attached hydrogens (tertiary/aromatic N) is 3. The van der Waals surface area contributed by atoms with E-state index in [1.165, 1.54) is 11.8 Å². The van der Waals surface area contributed by atoms with Gasteiger partial charge in [-0.3, -0.25) is 9.69 Å². The van der Waals surface area contributed by atoms with Gasteiger partial charge in [0.2, 0.25) is 0 Å². The SMILES string of the molecule is Cc1cc(C(=O)N2CCN(CCS(C)(=O)=O)CC2)c(C)n1-c1cccc(C(C)C)c1. The van der Waals surface area contributed by atoms with Crippen molar-refractivity contribution in [1.29, 1.82) is 0 Å². The number of amides is 1. The standard InChI is InChI=1S/C23H33N3O3S/c1-17(2)20-7-6-8-21(16-20)26-18(3)15-22(19(26)4)23(27)25-11-9-24(10-12-25)13-14-30(5,28)29/h6-8,15-17H,9-14H2,1-5H3. The fraction of sp³-hybridized carbons (Fsp3) is 0.522. The second kappa shape index (κ2) is 8.94. The second-order valence-corrected chi connectivity index (χ2v) is 10.9. The van der Waals surface area contributed by atoms with Gasteiger partial charge in [0.1, 0.15) is 9.84 Å². The lowest BCUT2D eigenvalue weighted by Gasteiger charge is -2.34. The summed E-state index contributed by atoms with van der Waals surface area (Å²) in [6.07, 6.45) is 1.26. The van der Waals surface area contributed by atoms with Crippen LogP contribution in [0.2, 0.25) is 0 Å². The van der Waals surface area contributed by atoms with Gasteiger partial charge < -0.3 is 9.47 Å². The van der Waals surface area contributed by atoms with Crippen molar-refractivity contribution in [3.63, 3.8) is 0 Å². The molecule has 0 radical (unpaired) electrons. The van der Waals surface area contributed by atoms with Gasteiger partial charge in [0.15, 0.2) is 0 Å². The molecular weight excluding hydrogens is 398 g/mol. The summed E-state index contributed by atoms with van der Waals surface area (Å²) >= 11 is 0. The number of piperazine rings is 1. The summed E-state index contributed by atoms with van der Waals surface area (Å²) in [5, 5.41) is 0. The molecule has 0 unspecified atom stereocenters. The molecule has 1 aromatic heterocycles. The lowest BCUT2D eigenvalue weighted by atomic mass is 10.0. The van der Waals surface area contributed by atoms with Crippen molar-refractivity contribution in [2.45, 2.75) is 33.6 Å². The van der Waals surface area contributed by atoms with Crippen molar-refractivity contribution >= 4 is 15.7 Å². The van der Waals surface area contributed by atoms with E-state index in [1.54, 1.807) is 0 Å². The number of carbonyl (C=O) groups is 1. The Hall–Kier alpha value is -2.12. The third kappa shape index (κ3) is 5.13. The van der Waals surface area contributed by atoms with Crippen molar-refractivity contribution in [3.8, 4) is 5.69 Å². The molecule has 0 N–H and O–H groups in total. The maximum Gasteiger partial charge on any atom is 0.255 e. The Kier molecular flexibility index (Phi) is 6.72. The smallest absolute Gasteiger partial charge is 0.255 e. The molecule has 1 aliphatic heterocycles. The van der Waals surface area contributed by atoms with Crippen LogP contribution < -0.4 is 0 Å². The van der Waals surface area contributed by atoms with Crippen LogP contribution in [0.1, 0.15) is 47.1 Å². The Morgan fingerprint density at radius 1 is 1.07 bits per heavy atom. The average Bonchev–Trinajstić information content (AvgIpc) is 3.00. The maximum atomic E-state index is 13.2. The number of hydrogen-bond acceptors (Lipinski definition) is 4. The summed E-state index contributed by atoms with van der Waals surface area (Å²) in [7, 11) is -2.96. The largest absolute Gasteiger partial charge is 0.336 e. The molecule has 30 heavy (non-hydrogen) atoms. The number of aryl methyl sites for hydroxylation is 1. The third-order valence-electron chi connectivity index (χ3n) is 5.89. The lowest BCUT2D eigenvalue weighted by Crippen LogP contribution is -2.49. The highest BCUT2D eigenvalue weighted by atomic mass is 32.2. The fourth-order valence-corrected chi connectivity index (χ4v) is 4.63. The first-order valence-corrected chi connectivity index (χ1v) is 12.6. The molecule has 6 nitrogen and oxygen atoms in total. The summed E-state index contributed by atoms with van der Waals surface area (Å²) < 4.78 is 24.9. The first kappa shape index (κ1) is 22.6. The zero-order chi connectivity index (χ0) is 22.1. The van der Waals surface area contributed by atoms with Crippen LogP contribution in [0.5, 0.6) is 0 Å². The quantitative estimate of drug-likeness (QED) is 0.705. The van der Waals surface area contributed by atoms with Crippen LogP contribution in [-0.2, 0) is 9.84 Å². The lowest BCUT2D eigenvalue weighted by molar-refractivity contribution is 0.0643. The van der Waals surface area contributed by atoms with Crippen molar-refractivity contribution in [1.82, 2.24) is 14.4 Å². The molecule has 3 rings (SSSR count). The summed E-state index contributed by atoms with van der Waals surface area (Å²) in [5.41, 5.74) is 5.10. The number of benzene rings is 1. The van der Waals surface area contributed by atoms with Gasteiger partial charge in [-0.25, -0.2) is 8.42 Å². The zero-order valence-electron chi connectivity index (χ0n) is 18.7. The Bertz CT molecular complexity index is 1020. The number of carbonyl (C=O) groups excluding carboxylic acids is 1. The minimum absolute atomic E-state index is 0.0529. The molecule has 7 heteroatoms. The molecule has 2 heterocycles. The first-order valence-electron chi connectivity index (χ1n) is 10.6. The molecule has 0 atom stereocenters. The van der Waals surface area contributed by atoms with E-state index >= 15 is 0 Å². The summed E-state index contributed by atoms with van der Waals surface area (Å²) in [6.45, 7) is 11.6. The van der Waals surface area contributed by atoms with Crippen LogP contribution in [0.4, 0.5) is 0 Å². The van der Waals surface area contributed by atoms with E-state index in [4.69, 9.17) is 0 Å². The maximum absolute atomic E-state index is 13.2. The van der Waals surface area contributed by atoms with Crippen molar-refractivity contribution in [3.05, 3.63) is 52.8 Å². The van der Waals surface area contributed by atoms with Crippen LogP contribution >= 0.6 is 0 Å². The van der Waals surface area contributed by atoms with Crippen LogP contribution in [0.3, 0.4) is 0 Å². The van der Waals surface area contributed by atoms with E-state index in [2.05, 4.69) is 47.6 Å². The van der Waals surface area contributed by atoms with Gasteiger partial charge in [-0.15, -0.1) is 0 Å². The number of hydrogen-bond donors (Lipinski definition) is 0. The molecule has 164 valence electrons. The average molecular weight is 432 g/mol. The van der Waals surface area contributed by atoms with Crippen molar-refractivity contribution in [2.75, 3.05) is 44.7 Å². The predicted molar refractivity (Wildman–Crippen MR) is 121 cm³/mol. The van der Waals surface area contributed by atoms with E-state index in [-0.39, 0.29) is 11.7 Å². The van der Waals surface area contributed by atoms with Crippen molar-refractivity contribution < 1.29 is 13.2 Å². The number of rotatable bonds is 6. The monoisotopic (exact) mass is 431 g/mol. The molecule has 0 spiro atoms. The molecule has 1 aliphatic rings. The molecule has 1 aromatic carbocycles. The Labute approximate surface area is 180 Å². The van der Waals surface area contributed by atoms with Crippen LogP contribution in [0.15, 0.2) is 30.3 Å². The fourth-order valence-electron chi connectivity index (χ4n) is 4.04. The number of sulfone groups is 1. The molecule has 0 saturated carbocycles. The van der Waals surface area contributed by atoms with E-state index < -0.39 is 9.84 Å². The highest BCUT2D eigenvalue weighted by Gasteiger charge is 2.26. The van der Waals surface area contributed by atoms with Gasteiger partial charge in [-0.05, 0) is 43.5 Å². The second-order valence-electron chi connectivity index (χ2n) is 8.63. The Morgan fingerprint density at radius 3 is 2.33 bits per heavy atom. The first-order chi connectivity index (χ1) is 14.1. The zero-order valence-corrected chi connectivity index (χ0v) is 19.5. The molecule has 1 amide bonds. The third-order valence-corrected chi connectivity index (χ3v) is 6.82. The van der Waals surface area contributed by atoms with Gasteiger partial charge in [0, 0.05) is 56.1 Å². The van der Waals surface area contributed by atoms with Gasteiger partial charge >= 0.3 is 0 Å². The van der Waals surface area contributed by atoms with E-state index in [0.717, 1.165) is 22.6 Å². The molecule has 0 aliphatic carbocycles. The van der Waals surface area contributed by atoms with Gasteiger partial charge in [-0.1, -0.05) is 26.0 Å². The van der Waals surface area contributed by atoms with Gasteiger partial charge in [0.25, 0.3) is 5.91 Å². The minimum atomic E-state index is -2.96. The van der Waals surface area contributed by atoms with Gasteiger partial charge in [-0.2, -0.15) is 0 Å². The molecule has 0 bridgehead atoms. The summed E-state index contributed by atoms with van der Waals surface area (Å²) in [6, 6.07) is 10.5. The van der Waals surface area contributed by atoms with Crippen molar-refractivity contribution in [2.24, 2.45) is 0 Å².